The second-order valence-corrected chi connectivity index (χ2v) is 8.77. The van der Waals surface area contributed by atoms with Crippen LogP contribution in [-0.4, -0.2) is 59.5 Å². The zero-order valence-electron chi connectivity index (χ0n) is 16.3. The highest BCUT2D eigenvalue weighted by atomic mass is 32.2. The van der Waals surface area contributed by atoms with Crippen molar-refractivity contribution >= 4 is 22.0 Å². The van der Waals surface area contributed by atoms with Crippen LogP contribution in [0.3, 0.4) is 0 Å². The largest absolute Gasteiger partial charge is 0.336 e. The number of nitrogens with zero attached hydrogens (tertiary/aromatic N) is 4. The van der Waals surface area contributed by atoms with Gasteiger partial charge in [0, 0.05) is 49.5 Å². The molecule has 3 aromatic rings. The van der Waals surface area contributed by atoms with Crippen molar-refractivity contribution in [1.29, 1.82) is 0 Å². The van der Waals surface area contributed by atoms with Crippen molar-refractivity contribution in [2.24, 2.45) is 0 Å². The average molecular weight is 423 g/mol. The van der Waals surface area contributed by atoms with E-state index in [0.29, 0.717) is 18.7 Å². The summed E-state index contributed by atoms with van der Waals surface area (Å²) >= 11 is 0. The molecular weight excluding hydrogens is 400 g/mol. The third-order valence-corrected chi connectivity index (χ3v) is 6.57. The average Bonchev–Trinajstić information content (AvgIpc) is 3.33. The van der Waals surface area contributed by atoms with Crippen molar-refractivity contribution in [1.82, 2.24) is 19.0 Å². The van der Waals surface area contributed by atoms with Crippen LogP contribution in [0.4, 0.5) is 0 Å². The third kappa shape index (κ3) is 4.50. The van der Waals surface area contributed by atoms with Crippen molar-refractivity contribution in [3.8, 4) is 5.69 Å². The number of hydrogen-bond acceptors (Lipinski definition) is 4. The van der Waals surface area contributed by atoms with Crippen molar-refractivity contribution in [2.75, 3.05) is 26.2 Å². The number of carbonyl (C=O) groups excluding carboxylic acids is 1. The SMILES string of the molecule is O=C(c1ccc(-n2cccn2)cc1)N1CCN(S(=O)(=O)/C=C/c2ccccc2)CC1. The standard InChI is InChI=1S/C22H22N4O3S/c27-22(20-7-9-21(10-8-20)26-13-4-12-23-26)24-14-16-25(17-15-24)30(28,29)18-11-19-5-2-1-3-6-19/h1-13,18H,14-17H2/b18-11+. The Morgan fingerprint density at radius 1 is 0.900 bits per heavy atom. The lowest BCUT2D eigenvalue weighted by Crippen LogP contribution is -2.50. The number of piperazine rings is 1. The minimum Gasteiger partial charge on any atom is -0.336 e. The van der Waals surface area contributed by atoms with E-state index in [-0.39, 0.29) is 19.0 Å². The first-order valence-corrected chi connectivity index (χ1v) is 11.2. The summed E-state index contributed by atoms with van der Waals surface area (Å²) in [5, 5.41) is 5.40. The fourth-order valence-corrected chi connectivity index (χ4v) is 4.49. The van der Waals surface area contributed by atoms with E-state index in [1.165, 1.54) is 9.71 Å². The first-order valence-electron chi connectivity index (χ1n) is 9.65. The quantitative estimate of drug-likeness (QED) is 0.634. The molecule has 0 saturated carbocycles. The van der Waals surface area contributed by atoms with E-state index in [2.05, 4.69) is 5.10 Å². The number of rotatable bonds is 5. The van der Waals surface area contributed by atoms with Gasteiger partial charge in [-0.25, -0.2) is 13.1 Å². The summed E-state index contributed by atoms with van der Waals surface area (Å²) in [6, 6.07) is 18.4. The van der Waals surface area contributed by atoms with Gasteiger partial charge in [-0.2, -0.15) is 9.40 Å². The normalized spacial score (nSPS) is 15.5. The van der Waals surface area contributed by atoms with E-state index >= 15 is 0 Å². The van der Waals surface area contributed by atoms with Crippen LogP contribution in [0.25, 0.3) is 11.8 Å². The van der Waals surface area contributed by atoms with Crippen LogP contribution in [0.5, 0.6) is 0 Å². The Morgan fingerprint density at radius 3 is 2.23 bits per heavy atom. The van der Waals surface area contributed by atoms with E-state index in [9.17, 15) is 13.2 Å². The fourth-order valence-electron chi connectivity index (χ4n) is 3.32. The molecule has 0 atom stereocenters. The van der Waals surface area contributed by atoms with Gasteiger partial charge in [-0.1, -0.05) is 30.3 Å². The second-order valence-electron chi connectivity index (χ2n) is 6.95. The number of benzene rings is 2. The highest BCUT2D eigenvalue weighted by Crippen LogP contribution is 2.15. The predicted octanol–water partition coefficient (Wildman–Crippen LogP) is 2.63. The van der Waals surface area contributed by atoms with Crippen LogP contribution in [0.2, 0.25) is 0 Å². The van der Waals surface area contributed by atoms with Crippen molar-refractivity contribution in [3.63, 3.8) is 0 Å². The lowest BCUT2D eigenvalue weighted by Gasteiger charge is -2.33. The monoisotopic (exact) mass is 422 g/mol. The maximum absolute atomic E-state index is 12.8. The summed E-state index contributed by atoms with van der Waals surface area (Å²) in [5.41, 5.74) is 2.28. The first-order chi connectivity index (χ1) is 14.5. The molecule has 2 heterocycles. The molecule has 1 saturated heterocycles. The first kappa shape index (κ1) is 20.1. The zero-order chi connectivity index (χ0) is 21.0. The summed E-state index contributed by atoms with van der Waals surface area (Å²) in [5.74, 6) is -0.0982. The van der Waals surface area contributed by atoms with Gasteiger partial charge >= 0.3 is 0 Å². The van der Waals surface area contributed by atoms with Gasteiger partial charge in [-0.05, 0) is 42.0 Å². The van der Waals surface area contributed by atoms with Crippen LogP contribution in [0.1, 0.15) is 15.9 Å². The minimum absolute atomic E-state index is 0.0982. The molecule has 1 aliphatic rings. The Hall–Kier alpha value is -3.23. The summed E-state index contributed by atoms with van der Waals surface area (Å²) in [4.78, 5) is 14.5. The summed E-state index contributed by atoms with van der Waals surface area (Å²) in [6.45, 7) is 1.27. The van der Waals surface area contributed by atoms with Gasteiger partial charge in [0.25, 0.3) is 5.91 Å². The van der Waals surface area contributed by atoms with E-state index < -0.39 is 10.0 Å². The number of sulfonamides is 1. The van der Waals surface area contributed by atoms with Gasteiger partial charge in [0.15, 0.2) is 0 Å². The van der Waals surface area contributed by atoms with E-state index in [0.717, 1.165) is 11.3 Å². The summed E-state index contributed by atoms with van der Waals surface area (Å²) < 4.78 is 28.3. The van der Waals surface area contributed by atoms with Crippen LogP contribution >= 0.6 is 0 Å². The van der Waals surface area contributed by atoms with Crippen LogP contribution < -0.4 is 0 Å². The van der Waals surface area contributed by atoms with E-state index in [1.807, 2.05) is 54.7 Å². The van der Waals surface area contributed by atoms with Gasteiger partial charge in [-0.3, -0.25) is 4.79 Å². The third-order valence-electron chi connectivity index (χ3n) is 5.00. The number of hydrogen-bond donors (Lipinski definition) is 0. The van der Waals surface area contributed by atoms with Gasteiger partial charge in [0.1, 0.15) is 0 Å². The molecule has 1 fully saturated rings. The van der Waals surface area contributed by atoms with Gasteiger partial charge in [-0.15, -0.1) is 0 Å². The Morgan fingerprint density at radius 2 is 1.60 bits per heavy atom. The molecular formula is C22H22N4O3S. The van der Waals surface area contributed by atoms with Crippen molar-refractivity contribution in [2.45, 2.75) is 0 Å². The highest BCUT2D eigenvalue weighted by molar-refractivity contribution is 7.92. The Balaban J connectivity index is 1.37. The molecule has 2 aromatic carbocycles. The van der Waals surface area contributed by atoms with Crippen LogP contribution in [0.15, 0.2) is 78.5 Å². The Labute approximate surface area is 175 Å². The van der Waals surface area contributed by atoms with E-state index in [1.54, 1.807) is 34.0 Å². The molecule has 0 aliphatic carbocycles. The molecule has 8 heteroatoms. The van der Waals surface area contributed by atoms with Crippen LogP contribution in [0, 0.1) is 0 Å². The molecule has 0 N–H and O–H groups in total. The molecule has 4 rings (SSSR count). The van der Waals surface area contributed by atoms with E-state index in [4.69, 9.17) is 0 Å². The fraction of sp³-hybridized carbons (Fsp3) is 0.182. The van der Waals surface area contributed by atoms with Crippen LogP contribution in [-0.2, 0) is 10.0 Å². The van der Waals surface area contributed by atoms with Gasteiger partial charge in [0.2, 0.25) is 10.0 Å². The molecule has 1 aliphatic heterocycles. The zero-order valence-corrected chi connectivity index (χ0v) is 17.1. The maximum atomic E-state index is 12.8. The van der Waals surface area contributed by atoms with Crippen molar-refractivity contribution in [3.05, 3.63) is 89.6 Å². The maximum Gasteiger partial charge on any atom is 0.253 e. The molecule has 0 radical (unpaired) electrons. The topological polar surface area (TPSA) is 75.5 Å². The number of amides is 1. The smallest absolute Gasteiger partial charge is 0.253 e. The second kappa shape index (κ2) is 8.64. The lowest BCUT2D eigenvalue weighted by molar-refractivity contribution is 0.0698. The summed E-state index contributed by atoms with van der Waals surface area (Å²) in [6.07, 6.45) is 5.12. The molecule has 154 valence electrons. The lowest BCUT2D eigenvalue weighted by atomic mass is 10.1. The Kier molecular flexibility index (Phi) is 5.78. The molecule has 7 nitrogen and oxygen atoms in total. The number of carbonyl (C=O) groups is 1. The summed E-state index contributed by atoms with van der Waals surface area (Å²) in [7, 11) is -3.52. The molecule has 1 aromatic heterocycles. The van der Waals surface area contributed by atoms with Gasteiger partial charge in [0.05, 0.1) is 5.69 Å². The molecule has 0 unspecified atom stereocenters. The van der Waals surface area contributed by atoms with Crippen molar-refractivity contribution < 1.29 is 13.2 Å². The number of aromatic nitrogens is 2. The molecule has 0 spiro atoms. The highest BCUT2D eigenvalue weighted by Gasteiger charge is 2.27. The minimum atomic E-state index is -3.52. The molecule has 30 heavy (non-hydrogen) atoms. The van der Waals surface area contributed by atoms with Gasteiger partial charge < -0.3 is 4.90 Å². The Bertz CT molecular complexity index is 1120. The molecule has 0 bridgehead atoms. The molecule has 1 amide bonds. The predicted molar refractivity (Wildman–Crippen MR) is 115 cm³/mol.